The third kappa shape index (κ3) is 2.43. The first-order valence-corrected chi connectivity index (χ1v) is 6.68. The molecule has 1 heterocycles. The van der Waals surface area contributed by atoms with Crippen LogP contribution in [0.3, 0.4) is 0 Å². The van der Waals surface area contributed by atoms with Crippen molar-refractivity contribution < 1.29 is 4.79 Å². The smallest absolute Gasteiger partial charge is 0.323 e. The van der Waals surface area contributed by atoms with Crippen molar-refractivity contribution in [3.8, 4) is 0 Å². The summed E-state index contributed by atoms with van der Waals surface area (Å²) in [5.41, 5.74) is 8.77. The first-order valence-electron chi connectivity index (χ1n) is 6.68. The molecule has 104 valence electrons. The fourth-order valence-electron chi connectivity index (χ4n) is 2.43. The molecule has 2 N–H and O–H groups in total. The Labute approximate surface area is 122 Å². The highest BCUT2D eigenvalue weighted by Crippen LogP contribution is 2.32. The summed E-state index contributed by atoms with van der Waals surface area (Å²) < 4.78 is 0. The van der Waals surface area contributed by atoms with E-state index in [4.69, 9.17) is 5.73 Å². The number of anilines is 2. The van der Waals surface area contributed by atoms with Crippen LogP contribution in [0, 0.1) is 6.92 Å². The van der Waals surface area contributed by atoms with Crippen molar-refractivity contribution in [1.29, 1.82) is 0 Å². The standard InChI is InChI=1S/C17H15N3O/c1-12-11-16(14-9-5-6-10-15(14)19-12)20(17(18)21)13-7-3-2-4-8-13/h2-11H,1H3,(H2,18,21). The summed E-state index contributed by atoms with van der Waals surface area (Å²) in [6.07, 6.45) is 0. The second-order valence-corrected chi connectivity index (χ2v) is 4.81. The van der Waals surface area contributed by atoms with E-state index in [-0.39, 0.29) is 0 Å². The highest BCUT2D eigenvalue weighted by atomic mass is 16.2. The fourth-order valence-corrected chi connectivity index (χ4v) is 2.43. The summed E-state index contributed by atoms with van der Waals surface area (Å²) >= 11 is 0. The number of primary amides is 1. The van der Waals surface area contributed by atoms with E-state index < -0.39 is 6.03 Å². The summed E-state index contributed by atoms with van der Waals surface area (Å²) in [6, 6.07) is 18.4. The Hall–Kier alpha value is -2.88. The zero-order valence-corrected chi connectivity index (χ0v) is 11.7. The molecule has 0 aliphatic heterocycles. The van der Waals surface area contributed by atoms with Crippen LogP contribution >= 0.6 is 0 Å². The van der Waals surface area contributed by atoms with Gasteiger partial charge in [-0.2, -0.15) is 0 Å². The van der Waals surface area contributed by atoms with Gasteiger partial charge in [-0.15, -0.1) is 0 Å². The lowest BCUT2D eigenvalue weighted by Crippen LogP contribution is -2.31. The Kier molecular flexibility index (Phi) is 3.28. The van der Waals surface area contributed by atoms with Gasteiger partial charge in [0.2, 0.25) is 0 Å². The Morgan fingerprint density at radius 2 is 1.71 bits per heavy atom. The quantitative estimate of drug-likeness (QED) is 0.775. The predicted molar refractivity (Wildman–Crippen MR) is 84.6 cm³/mol. The van der Waals surface area contributed by atoms with Gasteiger partial charge in [0.05, 0.1) is 16.9 Å². The van der Waals surface area contributed by atoms with Crippen molar-refractivity contribution in [2.24, 2.45) is 5.73 Å². The van der Waals surface area contributed by atoms with Crippen LogP contribution in [0.5, 0.6) is 0 Å². The molecule has 2 aromatic carbocycles. The number of pyridine rings is 1. The number of para-hydroxylation sites is 2. The molecule has 4 heteroatoms. The fraction of sp³-hybridized carbons (Fsp3) is 0.0588. The highest BCUT2D eigenvalue weighted by Gasteiger charge is 2.18. The number of carbonyl (C=O) groups is 1. The molecule has 3 aromatic rings. The molecule has 0 radical (unpaired) electrons. The Balaban J connectivity index is 2.28. The van der Waals surface area contributed by atoms with Gasteiger partial charge in [-0.1, -0.05) is 36.4 Å². The maximum absolute atomic E-state index is 12.0. The van der Waals surface area contributed by atoms with Gasteiger partial charge in [-0.05, 0) is 31.2 Å². The minimum Gasteiger partial charge on any atom is -0.351 e. The van der Waals surface area contributed by atoms with Crippen LogP contribution in [0.4, 0.5) is 16.2 Å². The molecule has 0 atom stereocenters. The number of nitrogens with two attached hydrogens (primary N) is 1. The van der Waals surface area contributed by atoms with Crippen molar-refractivity contribution in [3.63, 3.8) is 0 Å². The third-order valence-electron chi connectivity index (χ3n) is 3.30. The summed E-state index contributed by atoms with van der Waals surface area (Å²) in [4.78, 5) is 18.0. The van der Waals surface area contributed by atoms with E-state index in [9.17, 15) is 4.79 Å². The average molecular weight is 277 g/mol. The number of urea groups is 1. The molecule has 0 saturated heterocycles. The van der Waals surface area contributed by atoms with Crippen molar-refractivity contribution in [3.05, 3.63) is 66.4 Å². The molecule has 4 nitrogen and oxygen atoms in total. The monoisotopic (exact) mass is 277 g/mol. The lowest BCUT2D eigenvalue weighted by Gasteiger charge is -2.22. The molecule has 0 bridgehead atoms. The van der Waals surface area contributed by atoms with Crippen LogP contribution < -0.4 is 10.6 Å². The first kappa shape index (κ1) is 13.1. The van der Waals surface area contributed by atoms with Crippen molar-refractivity contribution in [1.82, 2.24) is 4.98 Å². The molecule has 0 aliphatic rings. The number of carbonyl (C=O) groups excluding carboxylic acids is 1. The normalized spacial score (nSPS) is 10.5. The summed E-state index contributed by atoms with van der Waals surface area (Å²) in [5, 5.41) is 0.894. The predicted octanol–water partition coefficient (Wildman–Crippen LogP) is 3.76. The maximum Gasteiger partial charge on any atom is 0.323 e. The Bertz CT molecular complexity index is 799. The maximum atomic E-state index is 12.0. The lowest BCUT2D eigenvalue weighted by atomic mass is 10.1. The van der Waals surface area contributed by atoms with E-state index >= 15 is 0 Å². The van der Waals surface area contributed by atoms with Gasteiger partial charge in [0.25, 0.3) is 0 Å². The lowest BCUT2D eigenvalue weighted by molar-refractivity contribution is 0.256. The van der Waals surface area contributed by atoms with E-state index in [0.29, 0.717) is 0 Å². The largest absolute Gasteiger partial charge is 0.351 e. The van der Waals surface area contributed by atoms with Crippen molar-refractivity contribution >= 4 is 28.3 Å². The number of rotatable bonds is 2. The van der Waals surface area contributed by atoms with E-state index in [1.54, 1.807) is 0 Å². The van der Waals surface area contributed by atoms with Crippen LogP contribution in [-0.4, -0.2) is 11.0 Å². The summed E-state index contributed by atoms with van der Waals surface area (Å²) in [7, 11) is 0. The molecule has 0 spiro atoms. The second kappa shape index (κ2) is 5.25. The van der Waals surface area contributed by atoms with Crippen LogP contribution in [-0.2, 0) is 0 Å². The van der Waals surface area contributed by atoms with Gasteiger partial charge in [0.15, 0.2) is 0 Å². The van der Waals surface area contributed by atoms with Crippen LogP contribution in [0.1, 0.15) is 5.69 Å². The van der Waals surface area contributed by atoms with Crippen molar-refractivity contribution in [2.45, 2.75) is 6.92 Å². The van der Waals surface area contributed by atoms with E-state index in [0.717, 1.165) is 28.0 Å². The molecule has 0 aliphatic carbocycles. The summed E-state index contributed by atoms with van der Waals surface area (Å²) in [6.45, 7) is 1.90. The Morgan fingerprint density at radius 1 is 1.05 bits per heavy atom. The van der Waals surface area contributed by atoms with E-state index in [1.165, 1.54) is 4.90 Å². The highest BCUT2D eigenvalue weighted by molar-refractivity contribution is 6.06. The topological polar surface area (TPSA) is 59.2 Å². The number of benzene rings is 2. The number of aryl methyl sites for hydroxylation is 1. The molecule has 0 unspecified atom stereocenters. The van der Waals surface area contributed by atoms with Crippen LogP contribution in [0.2, 0.25) is 0 Å². The number of hydrogen-bond acceptors (Lipinski definition) is 2. The second-order valence-electron chi connectivity index (χ2n) is 4.81. The molecule has 3 rings (SSSR count). The molecule has 21 heavy (non-hydrogen) atoms. The molecular formula is C17H15N3O. The minimum atomic E-state index is -0.517. The van der Waals surface area contributed by atoms with Gasteiger partial charge < -0.3 is 5.73 Å². The Morgan fingerprint density at radius 3 is 2.43 bits per heavy atom. The van der Waals surface area contributed by atoms with Crippen LogP contribution in [0.15, 0.2) is 60.7 Å². The SMILES string of the molecule is Cc1cc(N(C(N)=O)c2ccccc2)c2ccccc2n1. The molecule has 2 amide bonds. The van der Waals surface area contributed by atoms with Gasteiger partial charge in [0, 0.05) is 11.1 Å². The van der Waals surface area contributed by atoms with Crippen LogP contribution in [0.25, 0.3) is 10.9 Å². The molecule has 0 fully saturated rings. The summed E-state index contributed by atoms with van der Waals surface area (Å²) in [5.74, 6) is 0. The van der Waals surface area contributed by atoms with Gasteiger partial charge in [-0.25, -0.2) is 4.79 Å². The zero-order valence-electron chi connectivity index (χ0n) is 11.7. The average Bonchev–Trinajstić information content (AvgIpc) is 2.48. The zero-order chi connectivity index (χ0) is 14.8. The third-order valence-corrected chi connectivity index (χ3v) is 3.30. The minimum absolute atomic E-state index is 0.517. The van der Waals surface area contributed by atoms with Gasteiger partial charge in [0.1, 0.15) is 0 Å². The van der Waals surface area contributed by atoms with Gasteiger partial charge >= 0.3 is 6.03 Å². The number of hydrogen-bond donors (Lipinski definition) is 1. The van der Waals surface area contributed by atoms with Crippen molar-refractivity contribution in [2.75, 3.05) is 4.90 Å². The van der Waals surface area contributed by atoms with Gasteiger partial charge in [-0.3, -0.25) is 9.88 Å². The van der Waals surface area contributed by atoms with E-state index in [2.05, 4.69) is 4.98 Å². The molecular weight excluding hydrogens is 262 g/mol. The number of fused-ring (bicyclic) bond motifs is 1. The molecule has 1 aromatic heterocycles. The number of aromatic nitrogens is 1. The first-order chi connectivity index (χ1) is 10.2. The number of nitrogens with zero attached hydrogens (tertiary/aromatic N) is 2. The number of amides is 2. The van der Waals surface area contributed by atoms with E-state index in [1.807, 2.05) is 67.6 Å². The molecule has 0 saturated carbocycles.